The SMILES string of the molecule is COc1cc(N)c(C(=O)N2CCC(CCNS(N)(=O)=O)CC2)cc1OC.COc1cc(N)c(C(=O)O)cc1OC.Cl.NS(=O)(=O)NCCC1CCNCC1. The number of piperidine rings is 2. The molecule has 1 amide bonds. The minimum absolute atomic E-state index is 0. The number of carbonyl (C=O) groups is 2. The number of methoxy groups -OCH3 is 4. The van der Waals surface area contributed by atoms with Crippen molar-refractivity contribution in [3.8, 4) is 23.0 Å². The fourth-order valence-corrected chi connectivity index (χ4v) is 6.54. The Hall–Kier alpha value is -3.83. The van der Waals surface area contributed by atoms with Crippen LogP contribution in [0.15, 0.2) is 24.3 Å². The number of ether oxygens (including phenoxy) is 4. The molecule has 19 nitrogen and oxygen atoms in total. The minimum Gasteiger partial charge on any atom is -0.493 e. The molecular weight excluding hydrogens is 772 g/mol. The van der Waals surface area contributed by atoms with Crippen LogP contribution in [0.25, 0.3) is 0 Å². The molecule has 12 N–H and O–H groups in total. The standard InChI is InChI=1S/C16H26N4O5S.C9H11NO4.C7H17N3O2S.ClH/c1-24-14-9-12(13(17)10-15(14)25-2)16(21)20-7-4-11(5-8-20)3-6-19-26(18,22)23;1-13-7-3-5(9(11)12)6(10)4-8(7)14-2;8-13(11,12)10-6-3-7-1-4-9-5-2-7;/h9-11,19H,3-8,17H2,1-2H3,(H2,18,22,23);3-4H,10H2,1-2H3,(H,11,12);7,9-10H,1-6H2,(H2,8,11,12);1H. The zero-order chi connectivity index (χ0) is 39.8. The highest BCUT2D eigenvalue weighted by Gasteiger charge is 2.26. The number of carboxylic acids is 1. The first kappa shape index (κ1) is 48.2. The van der Waals surface area contributed by atoms with Gasteiger partial charge in [-0.05, 0) is 69.5 Å². The molecule has 308 valence electrons. The van der Waals surface area contributed by atoms with Gasteiger partial charge in [0.25, 0.3) is 26.3 Å². The number of nitrogens with two attached hydrogens (primary N) is 4. The van der Waals surface area contributed by atoms with Gasteiger partial charge in [-0.2, -0.15) is 16.8 Å². The summed E-state index contributed by atoms with van der Waals surface area (Å²) in [5.41, 5.74) is 12.4. The molecule has 0 saturated carbocycles. The Morgan fingerprint density at radius 1 is 0.722 bits per heavy atom. The summed E-state index contributed by atoms with van der Waals surface area (Å²) in [5.74, 6) is 1.42. The lowest BCUT2D eigenvalue weighted by Crippen LogP contribution is -2.40. The number of nitrogens with one attached hydrogen (secondary N) is 3. The number of nitrogen functional groups attached to an aromatic ring is 2. The summed E-state index contributed by atoms with van der Waals surface area (Å²) in [5, 5.41) is 21.7. The number of amides is 1. The predicted molar refractivity (Wildman–Crippen MR) is 208 cm³/mol. The van der Waals surface area contributed by atoms with E-state index in [1.807, 2.05) is 0 Å². The fraction of sp³-hybridized carbons (Fsp3) is 0.562. The quantitative estimate of drug-likeness (QED) is 0.123. The van der Waals surface area contributed by atoms with Crippen molar-refractivity contribution in [1.82, 2.24) is 19.7 Å². The molecule has 0 unspecified atom stereocenters. The summed E-state index contributed by atoms with van der Waals surface area (Å²) in [7, 11) is -1.25. The van der Waals surface area contributed by atoms with E-state index < -0.39 is 26.4 Å². The Morgan fingerprint density at radius 2 is 1.09 bits per heavy atom. The number of hydrogen-bond donors (Lipinski definition) is 8. The summed E-state index contributed by atoms with van der Waals surface area (Å²) in [4.78, 5) is 25.2. The Balaban J connectivity index is 0.000000440. The van der Waals surface area contributed by atoms with Crippen molar-refractivity contribution in [1.29, 1.82) is 0 Å². The van der Waals surface area contributed by atoms with Gasteiger partial charge in [0.15, 0.2) is 23.0 Å². The number of benzene rings is 2. The third-order valence-electron chi connectivity index (χ3n) is 8.64. The van der Waals surface area contributed by atoms with Gasteiger partial charge in [0.1, 0.15) is 0 Å². The number of nitrogens with zero attached hydrogens (tertiary/aromatic N) is 1. The number of anilines is 2. The number of carboxylic acid groups (broad SMARTS) is 1. The Morgan fingerprint density at radius 3 is 1.48 bits per heavy atom. The van der Waals surface area contributed by atoms with Crippen LogP contribution in [0.1, 0.15) is 59.2 Å². The van der Waals surface area contributed by atoms with Gasteiger partial charge in [-0.3, -0.25) is 4.79 Å². The van der Waals surface area contributed by atoms with Crippen molar-refractivity contribution in [3.05, 3.63) is 35.4 Å². The average molecular weight is 827 g/mol. The molecule has 0 atom stereocenters. The molecule has 0 spiro atoms. The lowest BCUT2D eigenvalue weighted by Gasteiger charge is -2.32. The highest BCUT2D eigenvalue weighted by atomic mass is 35.5. The van der Waals surface area contributed by atoms with E-state index in [1.54, 1.807) is 17.0 Å². The van der Waals surface area contributed by atoms with Crippen LogP contribution >= 0.6 is 12.4 Å². The molecule has 54 heavy (non-hydrogen) atoms. The molecule has 0 aliphatic carbocycles. The molecule has 2 aromatic rings. The van der Waals surface area contributed by atoms with Crippen LogP contribution in [0.5, 0.6) is 23.0 Å². The molecule has 2 aliphatic rings. The van der Waals surface area contributed by atoms with Crippen molar-refractivity contribution in [2.75, 3.05) is 79.2 Å². The Kier molecular flexibility index (Phi) is 20.7. The largest absolute Gasteiger partial charge is 0.493 e. The molecule has 0 bridgehead atoms. The maximum atomic E-state index is 12.8. The summed E-state index contributed by atoms with van der Waals surface area (Å²) < 4.78 is 67.7. The maximum absolute atomic E-state index is 12.8. The van der Waals surface area contributed by atoms with Crippen molar-refractivity contribution in [3.63, 3.8) is 0 Å². The van der Waals surface area contributed by atoms with Gasteiger partial charge in [-0.1, -0.05) is 0 Å². The first-order valence-electron chi connectivity index (χ1n) is 16.7. The van der Waals surface area contributed by atoms with Crippen molar-refractivity contribution < 1.29 is 50.5 Å². The predicted octanol–water partition coefficient (Wildman–Crippen LogP) is 0.897. The van der Waals surface area contributed by atoms with E-state index in [1.165, 1.54) is 40.6 Å². The van der Waals surface area contributed by atoms with E-state index in [-0.39, 0.29) is 29.6 Å². The van der Waals surface area contributed by atoms with Crippen LogP contribution in [0, 0.1) is 11.8 Å². The van der Waals surface area contributed by atoms with Crippen molar-refractivity contribution in [2.24, 2.45) is 22.1 Å². The van der Waals surface area contributed by atoms with Gasteiger partial charge in [0, 0.05) is 50.1 Å². The van der Waals surface area contributed by atoms with Gasteiger partial charge in [-0.25, -0.2) is 24.5 Å². The van der Waals surface area contributed by atoms with Gasteiger partial charge < -0.3 is 45.7 Å². The lowest BCUT2D eigenvalue weighted by atomic mass is 9.93. The first-order chi connectivity index (χ1) is 24.9. The first-order valence-corrected chi connectivity index (χ1v) is 19.8. The smallest absolute Gasteiger partial charge is 0.337 e. The number of halogens is 1. The van der Waals surface area contributed by atoms with E-state index in [2.05, 4.69) is 14.8 Å². The molecule has 2 saturated heterocycles. The van der Waals surface area contributed by atoms with Crippen LogP contribution < -0.4 is 55.5 Å². The van der Waals surface area contributed by atoms with E-state index in [4.69, 9.17) is 45.8 Å². The van der Waals surface area contributed by atoms with Crippen LogP contribution in [-0.4, -0.2) is 106 Å². The number of aromatic carboxylic acids is 1. The third-order valence-corrected chi connectivity index (χ3v) is 9.86. The van der Waals surface area contributed by atoms with Crippen LogP contribution in [0.3, 0.4) is 0 Å². The molecule has 2 fully saturated rings. The molecule has 22 heteroatoms. The van der Waals surface area contributed by atoms with Crippen LogP contribution in [0.4, 0.5) is 11.4 Å². The second kappa shape index (κ2) is 23.2. The van der Waals surface area contributed by atoms with Gasteiger partial charge in [0.2, 0.25) is 0 Å². The van der Waals surface area contributed by atoms with Crippen LogP contribution in [0.2, 0.25) is 0 Å². The van der Waals surface area contributed by atoms with Gasteiger partial charge >= 0.3 is 5.97 Å². The molecule has 2 aliphatic heterocycles. The number of likely N-dealkylation sites (tertiary alicyclic amines) is 1. The monoisotopic (exact) mass is 826 g/mol. The van der Waals surface area contributed by atoms with Crippen molar-refractivity contribution in [2.45, 2.75) is 38.5 Å². The Labute approximate surface area is 323 Å². The van der Waals surface area contributed by atoms with Crippen LogP contribution in [-0.2, 0) is 20.4 Å². The molecule has 0 aromatic heterocycles. The summed E-state index contributed by atoms with van der Waals surface area (Å²) in [6.45, 7) is 4.03. The summed E-state index contributed by atoms with van der Waals surface area (Å²) >= 11 is 0. The van der Waals surface area contributed by atoms with Crippen molar-refractivity contribution >= 4 is 56.1 Å². The number of carbonyl (C=O) groups excluding carboxylic acids is 1. The van der Waals surface area contributed by atoms with E-state index in [9.17, 15) is 26.4 Å². The molecule has 2 heterocycles. The molecule has 2 aromatic carbocycles. The normalized spacial score (nSPS) is 15.0. The average Bonchev–Trinajstić information content (AvgIpc) is 3.11. The topological polar surface area (TPSA) is 303 Å². The van der Waals surface area contributed by atoms with Gasteiger partial charge in [-0.15, -0.1) is 12.4 Å². The van der Waals surface area contributed by atoms with Gasteiger partial charge in [0.05, 0.1) is 45.3 Å². The molecule has 0 radical (unpaired) electrons. The highest BCUT2D eigenvalue weighted by Crippen LogP contribution is 2.34. The number of hydrogen-bond acceptors (Lipinski definition) is 13. The zero-order valence-corrected chi connectivity index (χ0v) is 33.4. The highest BCUT2D eigenvalue weighted by molar-refractivity contribution is 7.87. The second-order valence-corrected chi connectivity index (χ2v) is 15.0. The molecule has 4 rings (SSSR count). The number of rotatable bonds is 14. The lowest BCUT2D eigenvalue weighted by molar-refractivity contribution is 0.0682. The summed E-state index contributed by atoms with van der Waals surface area (Å²) in [6.07, 6.45) is 5.43. The Bertz CT molecular complexity index is 1720. The minimum atomic E-state index is -3.65. The zero-order valence-electron chi connectivity index (χ0n) is 31.0. The molecular formula is C32H55ClN8O11S2. The summed E-state index contributed by atoms with van der Waals surface area (Å²) in [6, 6.07) is 5.93. The maximum Gasteiger partial charge on any atom is 0.337 e. The second-order valence-electron chi connectivity index (χ2n) is 12.3. The third kappa shape index (κ3) is 16.7. The fourth-order valence-electron chi connectivity index (χ4n) is 5.74. The van der Waals surface area contributed by atoms with E-state index in [0.29, 0.717) is 78.7 Å². The van der Waals surface area contributed by atoms with E-state index in [0.717, 1.165) is 45.2 Å². The van der Waals surface area contributed by atoms with E-state index >= 15 is 0 Å².